The number of thiophene rings is 1. The van der Waals surface area contributed by atoms with Crippen LogP contribution in [-0.4, -0.2) is 31.1 Å². The van der Waals surface area contributed by atoms with Crippen molar-refractivity contribution in [2.24, 2.45) is 0 Å². The predicted octanol–water partition coefficient (Wildman–Crippen LogP) is 3.35. The second-order valence-corrected chi connectivity index (χ2v) is 7.76. The van der Waals surface area contributed by atoms with Gasteiger partial charge >= 0.3 is 5.69 Å². The van der Waals surface area contributed by atoms with E-state index >= 15 is 0 Å². The van der Waals surface area contributed by atoms with Crippen molar-refractivity contribution in [2.75, 3.05) is 6.54 Å². The summed E-state index contributed by atoms with van der Waals surface area (Å²) in [7, 11) is 0. The first-order valence-electron chi connectivity index (χ1n) is 9.53. The standard InChI is InChI=1S/C21H20N6OS/c28-21-26-25-20-9-16(10-22-6-1-2-17-11-23-13-24-17)18-4-3-14(8-19(18)27(20)21)15-5-7-29-12-15/h3-5,7-9,11-13,22H,1-2,6,10H2,(H,23,24)(H,26,28). The molecule has 146 valence electrons. The Morgan fingerprint density at radius 3 is 2.97 bits per heavy atom. The van der Waals surface area contributed by atoms with Gasteiger partial charge in [0.1, 0.15) is 0 Å². The topological polar surface area (TPSA) is 90.9 Å². The summed E-state index contributed by atoms with van der Waals surface area (Å²) in [5.41, 5.74) is 5.75. The lowest BCUT2D eigenvalue weighted by Gasteiger charge is -2.11. The van der Waals surface area contributed by atoms with Crippen molar-refractivity contribution in [3.8, 4) is 11.1 Å². The number of hydrogen-bond donors (Lipinski definition) is 3. The third-order valence-electron chi connectivity index (χ3n) is 5.10. The molecule has 4 aromatic heterocycles. The molecule has 0 spiro atoms. The Kier molecular flexibility index (Phi) is 4.71. The third kappa shape index (κ3) is 3.48. The van der Waals surface area contributed by atoms with Gasteiger partial charge in [-0.15, -0.1) is 0 Å². The number of pyridine rings is 1. The number of nitrogens with one attached hydrogen (secondary N) is 3. The first-order chi connectivity index (χ1) is 14.3. The minimum absolute atomic E-state index is 0.217. The van der Waals surface area contributed by atoms with Crippen molar-refractivity contribution in [1.29, 1.82) is 0 Å². The molecule has 0 atom stereocenters. The van der Waals surface area contributed by atoms with Crippen LogP contribution in [0.1, 0.15) is 17.7 Å². The maximum Gasteiger partial charge on any atom is 0.348 e. The fourth-order valence-corrected chi connectivity index (χ4v) is 4.33. The third-order valence-corrected chi connectivity index (χ3v) is 5.78. The number of benzene rings is 1. The Balaban J connectivity index is 1.44. The number of aryl methyl sites for hydroxylation is 1. The molecule has 0 amide bonds. The fraction of sp³-hybridized carbons (Fsp3) is 0.190. The van der Waals surface area contributed by atoms with Crippen molar-refractivity contribution in [3.63, 3.8) is 0 Å². The summed E-state index contributed by atoms with van der Waals surface area (Å²) < 4.78 is 1.65. The average molecular weight is 404 g/mol. The zero-order valence-electron chi connectivity index (χ0n) is 15.7. The highest BCUT2D eigenvalue weighted by Gasteiger charge is 2.12. The van der Waals surface area contributed by atoms with Crippen LogP contribution in [0, 0.1) is 0 Å². The minimum Gasteiger partial charge on any atom is -0.351 e. The summed E-state index contributed by atoms with van der Waals surface area (Å²) in [6, 6.07) is 10.4. The van der Waals surface area contributed by atoms with E-state index in [-0.39, 0.29) is 5.69 Å². The van der Waals surface area contributed by atoms with Crippen LogP contribution in [0.25, 0.3) is 27.7 Å². The lowest BCUT2D eigenvalue weighted by Crippen LogP contribution is -2.17. The Morgan fingerprint density at radius 2 is 2.14 bits per heavy atom. The molecule has 29 heavy (non-hydrogen) atoms. The lowest BCUT2D eigenvalue weighted by atomic mass is 10.0. The van der Waals surface area contributed by atoms with Crippen molar-refractivity contribution >= 4 is 27.9 Å². The number of hydrogen-bond acceptors (Lipinski definition) is 5. The van der Waals surface area contributed by atoms with Gasteiger partial charge in [0.2, 0.25) is 0 Å². The molecule has 0 bridgehead atoms. The van der Waals surface area contributed by atoms with Gasteiger partial charge in [-0.05, 0) is 65.0 Å². The van der Waals surface area contributed by atoms with Crippen LogP contribution in [-0.2, 0) is 13.0 Å². The highest BCUT2D eigenvalue weighted by atomic mass is 32.1. The normalized spacial score (nSPS) is 11.6. The van der Waals surface area contributed by atoms with Crippen molar-refractivity contribution in [2.45, 2.75) is 19.4 Å². The fourth-order valence-electron chi connectivity index (χ4n) is 3.66. The molecule has 0 aliphatic rings. The SMILES string of the molecule is O=c1[nH]nc2cc(CNCCCc3c[nH]cn3)c3ccc(-c4ccsc4)cc3n12. The first-order valence-corrected chi connectivity index (χ1v) is 10.5. The Morgan fingerprint density at radius 1 is 1.17 bits per heavy atom. The summed E-state index contributed by atoms with van der Waals surface area (Å²) in [5.74, 6) is 0. The smallest absolute Gasteiger partial charge is 0.348 e. The van der Waals surface area contributed by atoms with Gasteiger partial charge in [0.15, 0.2) is 5.65 Å². The second-order valence-electron chi connectivity index (χ2n) is 6.98. The summed E-state index contributed by atoms with van der Waals surface area (Å²) >= 11 is 1.66. The van der Waals surface area contributed by atoms with Crippen LogP contribution < -0.4 is 11.0 Å². The van der Waals surface area contributed by atoms with Crippen molar-refractivity contribution in [1.82, 2.24) is 29.9 Å². The molecule has 4 heterocycles. The average Bonchev–Trinajstić information content (AvgIpc) is 3.50. The first kappa shape index (κ1) is 17.8. The number of nitrogens with zero attached hydrogens (tertiary/aromatic N) is 3. The molecule has 7 nitrogen and oxygen atoms in total. The highest BCUT2D eigenvalue weighted by Crippen LogP contribution is 2.28. The molecule has 0 saturated heterocycles. The van der Waals surface area contributed by atoms with E-state index in [0.29, 0.717) is 12.2 Å². The summed E-state index contributed by atoms with van der Waals surface area (Å²) in [4.78, 5) is 19.6. The Labute approximate surface area is 170 Å². The van der Waals surface area contributed by atoms with Crippen LogP contribution in [0.5, 0.6) is 0 Å². The van der Waals surface area contributed by atoms with Gasteiger partial charge < -0.3 is 10.3 Å². The van der Waals surface area contributed by atoms with Gasteiger partial charge in [0.25, 0.3) is 0 Å². The van der Waals surface area contributed by atoms with E-state index in [9.17, 15) is 4.79 Å². The molecule has 0 aliphatic carbocycles. The number of H-pyrrole nitrogens is 2. The molecule has 5 rings (SSSR count). The zero-order valence-corrected chi connectivity index (χ0v) is 16.5. The summed E-state index contributed by atoms with van der Waals surface area (Å²) in [6.45, 7) is 1.60. The van der Waals surface area contributed by atoms with Crippen LogP contribution in [0.4, 0.5) is 0 Å². The molecule has 0 radical (unpaired) electrons. The molecule has 8 heteroatoms. The van der Waals surface area contributed by atoms with Gasteiger partial charge in [0.05, 0.1) is 17.5 Å². The van der Waals surface area contributed by atoms with Crippen LogP contribution in [0.3, 0.4) is 0 Å². The lowest BCUT2D eigenvalue weighted by molar-refractivity contribution is 0.648. The van der Waals surface area contributed by atoms with Crippen molar-refractivity contribution in [3.05, 3.63) is 75.4 Å². The molecule has 3 N–H and O–H groups in total. The molecular weight excluding hydrogens is 384 g/mol. The molecule has 0 saturated carbocycles. The largest absolute Gasteiger partial charge is 0.351 e. The predicted molar refractivity (Wildman–Crippen MR) is 115 cm³/mol. The number of rotatable bonds is 7. The van der Waals surface area contributed by atoms with Crippen molar-refractivity contribution < 1.29 is 0 Å². The minimum atomic E-state index is -0.217. The van der Waals surface area contributed by atoms with E-state index in [1.54, 1.807) is 22.1 Å². The summed E-state index contributed by atoms with van der Waals surface area (Å²) in [5, 5.41) is 15.5. The number of imidazole rings is 1. The number of aromatic nitrogens is 5. The van der Waals surface area contributed by atoms with Gasteiger partial charge in [-0.1, -0.05) is 12.1 Å². The van der Waals surface area contributed by atoms with Crippen LogP contribution in [0.2, 0.25) is 0 Å². The monoisotopic (exact) mass is 404 g/mol. The second kappa shape index (κ2) is 7.65. The number of fused-ring (bicyclic) bond motifs is 3. The maximum atomic E-state index is 12.3. The van der Waals surface area contributed by atoms with Gasteiger partial charge in [-0.3, -0.25) is 0 Å². The molecule has 5 aromatic rings. The van der Waals surface area contributed by atoms with E-state index in [2.05, 4.69) is 60.5 Å². The van der Waals surface area contributed by atoms with E-state index in [1.165, 1.54) is 0 Å². The molecule has 0 fully saturated rings. The Hall–Kier alpha value is -3.23. The van der Waals surface area contributed by atoms with E-state index in [0.717, 1.165) is 52.7 Å². The van der Waals surface area contributed by atoms with Gasteiger partial charge in [-0.25, -0.2) is 19.3 Å². The molecular formula is C21H20N6OS. The molecule has 0 unspecified atom stereocenters. The van der Waals surface area contributed by atoms with Crippen LogP contribution in [0.15, 0.2) is 58.4 Å². The zero-order chi connectivity index (χ0) is 19.6. The quantitative estimate of drug-likeness (QED) is 0.363. The van der Waals surface area contributed by atoms with E-state index < -0.39 is 0 Å². The number of aromatic amines is 2. The highest BCUT2D eigenvalue weighted by molar-refractivity contribution is 7.08. The Bertz CT molecular complexity index is 1300. The van der Waals surface area contributed by atoms with E-state index in [1.807, 2.05) is 12.3 Å². The molecule has 1 aromatic carbocycles. The maximum absolute atomic E-state index is 12.3. The van der Waals surface area contributed by atoms with Gasteiger partial charge in [0, 0.05) is 18.1 Å². The molecule has 0 aliphatic heterocycles. The summed E-state index contributed by atoms with van der Waals surface area (Å²) in [6.07, 6.45) is 5.59. The van der Waals surface area contributed by atoms with Gasteiger partial charge in [-0.2, -0.15) is 16.4 Å². The van der Waals surface area contributed by atoms with E-state index in [4.69, 9.17) is 0 Å². The van der Waals surface area contributed by atoms with Crippen LogP contribution >= 0.6 is 11.3 Å².